The van der Waals surface area contributed by atoms with Crippen molar-refractivity contribution in [3.05, 3.63) is 35.2 Å². The second-order valence-electron chi connectivity index (χ2n) is 3.74. The van der Waals surface area contributed by atoms with Crippen molar-refractivity contribution in [1.29, 1.82) is 0 Å². The number of aromatic nitrogens is 2. The van der Waals surface area contributed by atoms with Crippen molar-refractivity contribution < 1.29 is 4.52 Å². The molecule has 0 aliphatic carbocycles. The van der Waals surface area contributed by atoms with Crippen LogP contribution in [-0.4, -0.2) is 21.8 Å². The van der Waals surface area contributed by atoms with Crippen LogP contribution in [0, 0.1) is 0 Å². The molecule has 1 N–H and O–H groups in total. The van der Waals surface area contributed by atoms with Gasteiger partial charge in [0.05, 0.1) is 6.04 Å². The second-order valence-corrected chi connectivity index (χ2v) is 5.21. The highest BCUT2D eigenvalue weighted by Gasteiger charge is 2.23. The summed E-state index contributed by atoms with van der Waals surface area (Å²) < 4.78 is 5.26. The summed E-state index contributed by atoms with van der Waals surface area (Å²) >= 11 is 7.75. The van der Waals surface area contributed by atoms with E-state index in [-0.39, 0.29) is 6.04 Å². The van der Waals surface area contributed by atoms with E-state index in [1.807, 2.05) is 36.0 Å². The zero-order valence-corrected chi connectivity index (χ0v) is 10.5. The second kappa shape index (κ2) is 4.68. The van der Waals surface area contributed by atoms with Crippen LogP contribution in [-0.2, 0) is 0 Å². The molecule has 1 aliphatic heterocycles. The highest BCUT2D eigenvalue weighted by molar-refractivity contribution is 7.99. The fourth-order valence-corrected chi connectivity index (χ4v) is 2.80. The molecule has 0 bridgehead atoms. The van der Waals surface area contributed by atoms with Crippen LogP contribution in [0.1, 0.15) is 11.9 Å². The van der Waals surface area contributed by atoms with E-state index in [4.69, 9.17) is 16.1 Å². The van der Waals surface area contributed by atoms with E-state index in [2.05, 4.69) is 15.5 Å². The summed E-state index contributed by atoms with van der Waals surface area (Å²) in [5.41, 5.74) is 0.873. The summed E-state index contributed by atoms with van der Waals surface area (Å²) in [5.74, 6) is 3.13. The van der Waals surface area contributed by atoms with E-state index in [0.717, 1.165) is 17.2 Å². The minimum Gasteiger partial charge on any atom is -0.337 e. The van der Waals surface area contributed by atoms with Gasteiger partial charge >= 0.3 is 0 Å². The molecule has 1 unspecified atom stereocenters. The molecule has 1 fully saturated rings. The van der Waals surface area contributed by atoms with E-state index >= 15 is 0 Å². The van der Waals surface area contributed by atoms with Crippen LogP contribution in [0.15, 0.2) is 28.8 Å². The molecule has 3 rings (SSSR count). The lowest BCUT2D eigenvalue weighted by atomic mass is 10.2. The molecule has 1 aliphatic rings. The maximum atomic E-state index is 5.93. The monoisotopic (exact) mass is 267 g/mol. The molecule has 88 valence electrons. The Morgan fingerprint density at radius 1 is 1.47 bits per heavy atom. The Morgan fingerprint density at radius 2 is 2.41 bits per heavy atom. The minimum absolute atomic E-state index is 0.167. The lowest BCUT2D eigenvalue weighted by Crippen LogP contribution is -2.14. The predicted molar refractivity (Wildman–Crippen MR) is 67.9 cm³/mol. The van der Waals surface area contributed by atoms with Gasteiger partial charge in [-0.1, -0.05) is 28.9 Å². The molecule has 4 nitrogen and oxygen atoms in total. The van der Waals surface area contributed by atoms with Gasteiger partial charge in [-0.3, -0.25) is 5.32 Å². The zero-order valence-electron chi connectivity index (χ0n) is 8.89. The topological polar surface area (TPSA) is 51.0 Å². The molecule has 0 radical (unpaired) electrons. The first-order valence-electron chi connectivity index (χ1n) is 5.23. The van der Waals surface area contributed by atoms with Crippen LogP contribution >= 0.6 is 23.4 Å². The number of nitrogens with one attached hydrogen (secondary N) is 1. The van der Waals surface area contributed by atoms with Crippen molar-refractivity contribution in [1.82, 2.24) is 15.5 Å². The van der Waals surface area contributed by atoms with Crippen LogP contribution in [0.25, 0.3) is 11.4 Å². The molecule has 1 aromatic heterocycles. The number of thioether (sulfide) groups is 1. The van der Waals surface area contributed by atoms with Gasteiger partial charge in [-0.25, -0.2) is 0 Å². The Bertz CT molecular complexity index is 525. The quantitative estimate of drug-likeness (QED) is 0.907. The molecular weight excluding hydrogens is 258 g/mol. The van der Waals surface area contributed by atoms with E-state index in [9.17, 15) is 0 Å². The molecule has 2 aromatic rings. The van der Waals surface area contributed by atoms with Crippen molar-refractivity contribution >= 4 is 23.4 Å². The van der Waals surface area contributed by atoms with Gasteiger partial charge in [0, 0.05) is 22.2 Å². The highest BCUT2D eigenvalue weighted by atomic mass is 35.5. The molecule has 2 heterocycles. The largest absolute Gasteiger partial charge is 0.337 e. The third kappa shape index (κ3) is 2.31. The van der Waals surface area contributed by atoms with Gasteiger partial charge in [0.1, 0.15) is 0 Å². The van der Waals surface area contributed by atoms with E-state index < -0.39 is 0 Å². The molecular formula is C11H10ClN3OS. The number of rotatable bonds is 2. The van der Waals surface area contributed by atoms with Crippen molar-refractivity contribution in [2.24, 2.45) is 0 Å². The molecule has 1 saturated heterocycles. The summed E-state index contributed by atoms with van der Waals surface area (Å²) in [7, 11) is 0. The van der Waals surface area contributed by atoms with Crippen LogP contribution in [0.5, 0.6) is 0 Å². The van der Waals surface area contributed by atoms with Crippen molar-refractivity contribution in [3.8, 4) is 11.4 Å². The third-order valence-corrected chi connectivity index (χ3v) is 3.71. The summed E-state index contributed by atoms with van der Waals surface area (Å²) in [6.45, 7) is 0. The lowest BCUT2D eigenvalue weighted by molar-refractivity contribution is 0.351. The fraction of sp³-hybridized carbons (Fsp3) is 0.273. The maximum absolute atomic E-state index is 5.93. The van der Waals surface area contributed by atoms with Crippen LogP contribution in [0.2, 0.25) is 5.02 Å². The fourth-order valence-electron chi connectivity index (χ4n) is 1.68. The van der Waals surface area contributed by atoms with Gasteiger partial charge in [-0.15, -0.1) is 11.8 Å². The molecule has 1 aromatic carbocycles. The summed E-state index contributed by atoms with van der Waals surface area (Å²) in [4.78, 5) is 4.39. The van der Waals surface area contributed by atoms with E-state index in [1.54, 1.807) is 0 Å². The summed E-state index contributed by atoms with van der Waals surface area (Å²) in [5, 5.41) is 7.94. The smallest absolute Gasteiger partial charge is 0.244 e. The van der Waals surface area contributed by atoms with Gasteiger partial charge in [-0.2, -0.15) is 4.98 Å². The van der Waals surface area contributed by atoms with Crippen LogP contribution in [0.3, 0.4) is 0 Å². The summed E-state index contributed by atoms with van der Waals surface area (Å²) in [6, 6.07) is 7.60. The molecule has 1 atom stereocenters. The standard InChI is InChI=1S/C11H10ClN3OS/c12-8-3-1-2-7(4-8)10-14-11(16-15-10)9-5-17-6-13-9/h1-4,9,13H,5-6H2. The normalized spacial score (nSPS) is 19.7. The molecule has 17 heavy (non-hydrogen) atoms. The van der Waals surface area contributed by atoms with Gasteiger partial charge in [0.15, 0.2) is 0 Å². The molecule has 0 spiro atoms. The van der Waals surface area contributed by atoms with Crippen molar-refractivity contribution in [2.75, 3.05) is 11.6 Å². The van der Waals surface area contributed by atoms with Gasteiger partial charge in [0.25, 0.3) is 0 Å². The average molecular weight is 268 g/mol. The first-order valence-corrected chi connectivity index (χ1v) is 6.77. The van der Waals surface area contributed by atoms with Crippen molar-refractivity contribution in [2.45, 2.75) is 6.04 Å². The Hall–Kier alpha value is -1.04. The third-order valence-electron chi connectivity index (χ3n) is 2.54. The Kier molecular flexibility index (Phi) is 3.05. The molecule has 6 heteroatoms. The average Bonchev–Trinajstić information content (AvgIpc) is 3.00. The number of nitrogens with zero attached hydrogens (tertiary/aromatic N) is 2. The first-order chi connectivity index (χ1) is 8.33. The van der Waals surface area contributed by atoms with Crippen molar-refractivity contribution in [3.63, 3.8) is 0 Å². The van der Waals surface area contributed by atoms with Gasteiger partial charge < -0.3 is 4.52 Å². The number of hydrogen-bond donors (Lipinski definition) is 1. The number of hydrogen-bond acceptors (Lipinski definition) is 5. The maximum Gasteiger partial charge on any atom is 0.244 e. The highest BCUT2D eigenvalue weighted by Crippen LogP contribution is 2.25. The zero-order chi connectivity index (χ0) is 11.7. The van der Waals surface area contributed by atoms with E-state index in [1.165, 1.54) is 0 Å². The SMILES string of the molecule is Clc1cccc(-c2noc(C3CSCN3)n2)c1. The lowest BCUT2D eigenvalue weighted by Gasteiger charge is -2.00. The predicted octanol–water partition coefficient (Wildman–Crippen LogP) is 2.73. The Balaban J connectivity index is 1.89. The Labute approximate surface area is 108 Å². The summed E-state index contributed by atoms with van der Waals surface area (Å²) in [6.07, 6.45) is 0. The molecule has 0 amide bonds. The van der Waals surface area contributed by atoms with E-state index in [0.29, 0.717) is 16.7 Å². The Morgan fingerprint density at radius 3 is 3.18 bits per heavy atom. The van der Waals surface area contributed by atoms with Crippen LogP contribution in [0.4, 0.5) is 0 Å². The van der Waals surface area contributed by atoms with Crippen LogP contribution < -0.4 is 5.32 Å². The number of halogens is 1. The molecule has 0 saturated carbocycles. The first kappa shape index (κ1) is 11.1. The van der Waals surface area contributed by atoms with Gasteiger partial charge in [-0.05, 0) is 12.1 Å². The number of benzene rings is 1. The minimum atomic E-state index is 0.167. The van der Waals surface area contributed by atoms with Gasteiger partial charge in [0.2, 0.25) is 11.7 Å².